The van der Waals surface area contributed by atoms with Gasteiger partial charge in [-0.1, -0.05) is 66.2 Å². The Bertz CT molecular complexity index is 964. The van der Waals surface area contributed by atoms with Crippen LogP contribution in [-0.2, 0) is 13.1 Å². The Morgan fingerprint density at radius 1 is 0.846 bits per heavy atom. The van der Waals surface area contributed by atoms with Crippen molar-refractivity contribution in [2.24, 2.45) is 0 Å². The zero-order valence-corrected chi connectivity index (χ0v) is 15.0. The monoisotopic (exact) mass is 344 g/mol. The number of aliphatic hydroxyl groups is 1. The SMILES string of the molecule is Cc1ccc(CNC[C@H](O)Cn2c3ccccc3c3ccccc32)cc1. The quantitative estimate of drug-likeness (QED) is 0.548. The number of nitrogens with zero attached hydrogens (tertiary/aromatic N) is 1. The van der Waals surface area contributed by atoms with E-state index in [1.54, 1.807) is 0 Å². The Balaban J connectivity index is 1.48. The molecule has 0 aliphatic rings. The lowest BCUT2D eigenvalue weighted by molar-refractivity contribution is 0.154. The smallest absolute Gasteiger partial charge is 0.0843 e. The normalized spacial score (nSPS) is 12.7. The molecule has 0 fully saturated rings. The summed E-state index contributed by atoms with van der Waals surface area (Å²) in [4.78, 5) is 0. The number of aromatic nitrogens is 1. The van der Waals surface area contributed by atoms with Gasteiger partial charge in [0.05, 0.1) is 12.6 Å². The molecule has 0 bridgehead atoms. The first-order chi connectivity index (χ1) is 12.7. The number of benzene rings is 3. The van der Waals surface area contributed by atoms with Crippen LogP contribution in [0.15, 0.2) is 72.8 Å². The highest BCUT2D eigenvalue weighted by molar-refractivity contribution is 6.07. The molecule has 0 saturated heterocycles. The van der Waals surface area contributed by atoms with Crippen molar-refractivity contribution in [3.05, 3.63) is 83.9 Å². The molecular weight excluding hydrogens is 320 g/mol. The van der Waals surface area contributed by atoms with E-state index in [4.69, 9.17) is 0 Å². The maximum absolute atomic E-state index is 10.6. The van der Waals surface area contributed by atoms with Crippen molar-refractivity contribution in [1.29, 1.82) is 0 Å². The summed E-state index contributed by atoms with van der Waals surface area (Å²) in [5, 5.41) is 16.4. The first-order valence-corrected chi connectivity index (χ1v) is 9.12. The molecule has 3 nitrogen and oxygen atoms in total. The average molecular weight is 344 g/mol. The number of hydrogen-bond donors (Lipinski definition) is 2. The summed E-state index contributed by atoms with van der Waals surface area (Å²) >= 11 is 0. The van der Waals surface area contributed by atoms with Gasteiger partial charge in [-0.15, -0.1) is 0 Å². The molecule has 26 heavy (non-hydrogen) atoms. The summed E-state index contributed by atoms with van der Waals surface area (Å²) in [7, 11) is 0. The van der Waals surface area contributed by atoms with Crippen molar-refractivity contribution in [3.8, 4) is 0 Å². The molecule has 0 amide bonds. The van der Waals surface area contributed by atoms with Gasteiger partial charge in [-0.25, -0.2) is 0 Å². The van der Waals surface area contributed by atoms with Crippen LogP contribution in [0.5, 0.6) is 0 Å². The lowest BCUT2D eigenvalue weighted by Crippen LogP contribution is -2.29. The molecular formula is C23H24N2O. The Morgan fingerprint density at radius 2 is 1.42 bits per heavy atom. The predicted molar refractivity (Wildman–Crippen MR) is 108 cm³/mol. The Hall–Kier alpha value is -2.62. The molecule has 3 heteroatoms. The molecule has 0 aliphatic carbocycles. The predicted octanol–water partition coefficient (Wildman–Crippen LogP) is 4.25. The molecule has 1 heterocycles. The molecule has 0 aliphatic heterocycles. The van der Waals surface area contributed by atoms with Gasteiger partial charge in [0, 0.05) is 34.9 Å². The number of aryl methyl sites for hydroxylation is 1. The van der Waals surface area contributed by atoms with E-state index in [0.29, 0.717) is 13.1 Å². The molecule has 0 unspecified atom stereocenters. The number of nitrogens with one attached hydrogen (secondary N) is 1. The highest BCUT2D eigenvalue weighted by atomic mass is 16.3. The molecule has 0 spiro atoms. The second kappa shape index (κ2) is 7.32. The molecule has 4 aromatic rings. The average Bonchev–Trinajstić information content (AvgIpc) is 2.98. The minimum absolute atomic E-state index is 0.445. The van der Waals surface area contributed by atoms with E-state index in [-0.39, 0.29) is 0 Å². The summed E-state index contributed by atoms with van der Waals surface area (Å²) in [6.45, 7) is 4.00. The van der Waals surface area contributed by atoms with Crippen LogP contribution >= 0.6 is 0 Å². The number of para-hydroxylation sites is 2. The van der Waals surface area contributed by atoms with Gasteiger partial charge in [0.25, 0.3) is 0 Å². The van der Waals surface area contributed by atoms with Crippen LogP contribution in [0.2, 0.25) is 0 Å². The van der Waals surface area contributed by atoms with Gasteiger partial charge < -0.3 is 15.0 Å². The maximum atomic E-state index is 10.6. The van der Waals surface area contributed by atoms with Gasteiger partial charge in [0.15, 0.2) is 0 Å². The van der Waals surface area contributed by atoms with Crippen molar-refractivity contribution in [1.82, 2.24) is 9.88 Å². The fourth-order valence-electron chi connectivity index (χ4n) is 3.56. The van der Waals surface area contributed by atoms with Gasteiger partial charge in [0.1, 0.15) is 0 Å². The van der Waals surface area contributed by atoms with Crippen LogP contribution < -0.4 is 5.32 Å². The highest BCUT2D eigenvalue weighted by Crippen LogP contribution is 2.28. The third-order valence-corrected chi connectivity index (χ3v) is 4.90. The largest absolute Gasteiger partial charge is 0.390 e. The van der Waals surface area contributed by atoms with Gasteiger partial charge in [-0.05, 0) is 24.6 Å². The van der Waals surface area contributed by atoms with Crippen molar-refractivity contribution in [3.63, 3.8) is 0 Å². The third kappa shape index (κ3) is 3.36. The minimum atomic E-state index is -0.445. The lowest BCUT2D eigenvalue weighted by Gasteiger charge is -2.15. The number of rotatable bonds is 6. The van der Waals surface area contributed by atoms with Gasteiger partial charge in [-0.2, -0.15) is 0 Å². The Labute approximate surface area is 153 Å². The van der Waals surface area contributed by atoms with E-state index >= 15 is 0 Å². The Morgan fingerprint density at radius 3 is 2.04 bits per heavy atom. The summed E-state index contributed by atoms with van der Waals surface area (Å²) < 4.78 is 2.23. The Kier molecular flexibility index (Phi) is 4.74. The molecule has 0 saturated carbocycles. The molecule has 2 N–H and O–H groups in total. The number of hydrogen-bond acceptors (Lipinski definition) is 2. The minimum Gasteiger partial charge on any atom is -0.390 e. The first-order valence-electron chi connectivity index (χ1n) is 9.12. The van der Waals surface area contributed by atoms with Gasteiger partial charge in [0.2, 0.25) is 0 Å². The van der Waals surface area contributed by atoms with Gasteiger partial charge in [-0.3, -0.25) is 0 Å². The van der Waals surface area contributed by atoms with Crippen LogP contribution in [0, 0.1) is 6.92 Å². The van der Waals surface area contributed by atoms with E-state index in [9.17, 15) is 5.11 Å². The lowest BCUT2D eigenvalue weighted by atomic mass is 10.1. The summed E-state index contributed by atoms with van der Waals surface area (Å²) in [5.41, 5.74) is 4.84. The second-order valence-corrected chi connectivity index (χ2v) is 6.92. The third-order valence-electron chi connectivity index (χ3n) is 4.90. The summed E-state index contributed by atoms with van der Waals surface area (Å²) in [6, 6.07) is 25.3. The standard InChI is InChI=1S/C23H24N2O/c1-17-10-12-18(13-11-17)14-24-15-19(26)16-25-22-8-4-2-6-20(22)21-7-3-5-9-23(21)25/h2-13,19,24,26H,14-16H2,1H3/t19-/m0/s1. The topological polar surface area (TPSA) is 37.2 Å². The van der Waals surface area contributed by atoms with Crippen molar-refractivity contribution in [2.45, 2.75) is 26.1 Å². The van der Waals surface area contributed by atoms with E-state index in [1.807, 2.05) is 0 Å². The van der Waals surface area contributed by atoms with E-state index < -0.39 is 6.10 Å². The zero-order chi connectivity index (χ0) is 17.9. The van der Waals surface area contributed by atoms with Gasteiger partial charge >= 0.3 is 0 Å². The van der Waals surface area contributed by atoms with E-state index in [2.05, 4.69) is 89.6 Å². The van der Waals surface area contributed by atoms with Crippen LogP contribution in [-0.4, -0.2) is 22.3 Å². The molecule has 4 rings (SSSR count). The van der Waals surface area contributed by atoms with Crippen LogP contribution in [0.3, 0.4) is 0 Å². The molecule has 1 aromatic heterocycles. The number of aliphatic hydroxyl groups excluding tert-OH is 1. The van der Waals surface area contributed by atoms with E-state index in [1.165, 1.54) is 32.9 Å². The van der Waals surface area contributed by atoms with Crippen molar-refractivity contribution >= 4 is 21.8 Å². The number of fused-ring (bicyclic) bond motifs is 3. The van der Waals surface area contributed by atoms with E-state index in [0.717, 1.165) is 6.54 Å². The van der Waals surface area contributed by atoms with Crippen LogP contribution in [0.1, 0.15) is 11.1 Å². The molecule has 3 aromatic carbocycles. The zero-order valence-electron chi connectivity index (χ0n) is 15.0. The fourth-order valence-corrected chi connectivity index (χ4v) is 3.56. The second-order valence-electron chi connectivity index (χ2n) is 6.92. The molecule has 0 radical (unpaired) electrons. The highest BCUT2D eigenvalue weighted by Gasteiger charge is 2.13. The maximum Gasteiger partial charge on any atom is 0.0843 e. The first kappa shape index (κ1) is 16.8. The van der Waals surface area contributed by atoms with Crippen molar-refractivity contribution in [2.75, 3.05) is 6.54 Å². The molecule has 1 atom stereocenters. The fraction of sp³-hybridized carbons (Fsp3) is 0.217. The van der Waals surface area contributed by atoms with Crippen molar-refractivity contribution < 1.29 is 5.11 Å². The van der Waals surface area contributed by atoms with Crippen LogP contribution in [0.25, 0.3) is 21.8 Å². The molecule has 132 valence electrons. The van der Waals surface area contributed by atoms with Crippen LogP contribution in [0.4, 0.5) is 0 Å². The summed E-state index contributed by atoms with van der Waals surface area (Å²) in [5.74, 6) is 0. The summed E-state index contributed by atoms with van der Waals surface area (Å²) in [6.07, 6.45) is -0.445.